The predicted octanol–water partition coefficient (Wildman–Crippen LogP) is 4.50. The van der Waals surface area contributed by atoms with Gasteiger partial charge in [-0.3, -0.25) is 4.98 Å². The first kappa shape index (κ1) is 13.8. The van der Waals surface area contributed by atoms with Gasteiger partial charge in [-0.15, -0.1) is 0 Å². The molecule has 0 atom stereocenters. The second-order valence-electron chi connectivity index (χ2n) is 3.86. The molecule has 1 heterocycles. The average Bonchev–Trinajstić information content (AvgIpc) is 2.40. The molecule has 0 unspecified atom stereocenters. The summed E-state index contributed by atoms with van der Waals surface area (Å²) in [6.45, 7) is 2.86. The number of aromatic nitrogens is 1. The summed E-state index contributed by atoms with van der Waals surface area (Å²) in [6, 6.07) is 10.8. The lowest BCUT2D eigenvalue weighted by atomic mass is 10.1. The number of nitrogens with zero attached hydrogens (tertiary/aromatic N) is 1. The largest absolute Gasteiger partial charge is 0.385 e. The third kappa shape index (κ3) is 3.92. The molecular weight excluding hydrogens is 266 g/mol. The molecule has 1 aromatic carbocycles. The Kier molecular flexibility index (Phi) is 4.74. The van der Waals surface area contributed by atoms with Crippen molar-refractivity contribution in [2.24, 2.45) is 0 Å². The molecule has 0 radical (unpaired) electrons. The molecule has 0 aliphatic rings. The van der Waals surface area contributed by atoms with Crippen LogP contribution in [0.4, 0.5) is 14.5 Å². The van der Waals surface area contributed by atoms with Crippen molar-refractivity contribution >= 4 is 17.4 Å². The molecule has 2 aromatic rings. The topological polar surface area (TPSA) is 24.9 Å². The van der Waals surface area contributed by atoms with Crippen LogP contribution in [0.15, 0.2) is 47.5 Å². The van der Waals surface area contributed by atoms with Crippen LogP contribution in [-0.4, -0.2) is 17.3 Å². The molecule has 2 rings (SSSR count). The molecule has 0 amide bonds. The summed E-state index contributed by atoms with van der Waals surface area (Å²) < 4.78 is 24.4. The third-order valence-corrected chi connectivity index (χ3v) is 3.24. The fourth-order valence-corrected chi connectivity index (χ4v) is 2.21. The molecule has 0 bridgehead atoms. The van der Waals surface area contributed by atoms with Gasteiger partial charge in [0, 0.05) is 28.9 Å². The van der Waals surface area contributed by atoms with Crippen LogP contribution < -0.4 is 5.32 Å². The van der Waals surface area contributed by atoms with Gasteiger partial charge in [-0.05, 0) is 31.2 Å². The number of hydrogen-bond donors (Lipinski definition) is 1. The summed E-state index contributed by atoms with van der Waals surface area (Å²) in [5, 5.41) is 3.21. The SMILES string of the molecule is CCNc1ccnc(-c2ccc(SC(F)F)cc2)c1. The summed E-state index contributed by atoms with van der Waals surface area (Å²) in [6.07, 6.45) is 1.73. The number of pyridine rings is 1. The van der Waals surface area contributed by atoms with Gasteiger partial charge in [-0.25, -0.2) is 0 Å². The number of benzene rings is 1. The van der Waals surface area contributed by atoms with Gasteiger partial charge in [-0.2, -0.15) is 8.78 Å². The van der Waals surface area contributed by atoms with E-state index in [1.54, 1.807) is 18.3 Å². The Morgan fingerprint density at radius 1 is 1.21 bits per heavy atom. The number of anilines is 1. The van der Waals surface area contributed by atoms with Crippen molar-refractivity contribution in [2.45, 2.75) is 17.6 Å². The lowest BCUT2D eigenvalue weighted by Crippen LogP contribution is -1.96. The van der Waals surface area contributed by atoms with Crippen molar-refractivity contribution in [1.29, 1.82) is 0 Å². The Bertz CT molecular complexity index is 529. The van der Waals surface area contributed by atoms with Crippen LogP contribution in [0.3, 0.4) is 0 Å². The van der Waals surface area contributed by atoms with Crippen molar-refractivity contribution in [3.05, 3.63) is 42.6 Å². The molecule has 0 fully saturated rings. The summed E-state index contributed by atoms with van der Waals surface area (Å²) in [5.41, 5.74) is 2.74. The van der Waals surface area contributed by atoms with E-state index in [9.17, 15) is 8.78 Å². The summed E-state index contributed by atoms with van der Waals surface area (Å²) in [4.78, 5) is 4.84. The zero-order chi connectivity index (χ0) is 13.7. The fraction of sp³-hybridized carbons (Fsp3) is 0.214. The van der Waals surface area contributed by atoms with E-state index in [2.05, 4.69) is 10.3 Å². The van der Waals surface area contributed by atoms with Gasteiger partial charge in [0.1, 0.15) is 0 Å². The monoisotopic (exact) mass is 280 g/mol. The zero-order valence-electron chi connectivity index (χ0n) is 10.4. The van der Waals surface area contributed by atoms with Crippen LogP contribution in [0.5, 0.6) is 0 Å². The first-order valence-electron chi connectivity index (χ1n) is 5.94. The van der Waals surface area contributed by atoms with E-state index in [0.717, 1.165) is 23.5 Å². The minimum Gasteiger partial charge on any atom is -0.385 e. The van der Waals surface area contributed by atoms with Gasteiger partial charge in [0.25, 0.3) is 5.76 Å². The van der Waals surface area contributed by atoms with Gasteiger partial charge >= 0.3 is 0 Å². The third-order valence-electron chi connectivity index (χ3n) is 2.52. The molecule has 5 heteroatoms. The van der Waals surface area contributed by atoms with E-state index in [-0.39, 0.29) is 0 Å². The van der Waals surface area contributed by atoms with Crippen LogP contribution in [0.1, 0.15) is 6.92 Å². The van der Waals surface area contributed by atoms with Crippen LogP contribution >= 0.6 is 11.8 Å². The molecule has 19 heavy (non-hydrogen) atoms. The first-order valence-corrected chi connectivity index (χ1v) is 6.82. The Hall–Kier alpha value is -1.62. The van der Waals surface area contributed by atoms with Gasteiger partial charge < -0.3 is 5.32 Å². The van der Waals surface area contributed by atoms with Crippen molar-refractivity contribution in [2.75, 3.05) is 11.9 Å². The standard InChI is InChI=1S/C14H14F2N2S/c1-2-17-11-7-8-18-13(9-11)10-3-5-12(6-4-10)19-14(15)16/h3-9,14H,2H2,1H3,(H,17,18). The molecule has 0 aliphatic carbocycles. The Morgan fingerprint density at radius 2 is 1.95 bits per heavy atom. The van der Waals surface area contributed by atoms with Gasteiger partial charge in [0.05, 0.1) is 5.69 Å². The molecule has 0 saturated heterocycles. The van der Waals surface area contributed by atoms with Crippen LogP contribution in [0.2, 0.25) is 0 Å². The van der Waals surface area contributed by atoms with E-state index >= 15 is 0 Å². The van der Waals surface area contributed by atoms with Crippen molar-refractivity contribution < 1.29 is 8.78 Å². The fourth-order valence-electron chi connectivity index (χ4n) is 1.71. The summed E-state index contributed by atoms with van der Waals surface area (Å²) in [5.74, 6) is -2.39. The number of thioether (sulfide) groups is 1. The number of rotatable bonds is 5. The van der Waals surface area contributed by atoms with Crippen molar-refractivity contribution in [3.63, 3.8) is 0 Å². The van der Waals surface area contributed by atoms with Crippen LogP contribution in [-0.2, 0) is 0 Å². The summed E-state index contributed by atoms with van der Waals surface area (Å²) in [7, 11) is 0. The normalized spacial score (nSPS) is 10.7. The zero-order valence-corrected chi connectivity index (χ0v) is 11.3. The van der Waals surface area contributed by atoms with Crippen molar-refractivity contribution in [3.8, 4) is 11.3 Å². The Morgan fingerprint density at radius 3 is 2.58 bits per heavy atom. The maximum Gasteiger partial charge on any atom is 0.288 e. The first-order chi connectivity index (χ1) is 9.19. The molecule has 1 aromatic heterocycles. The molecular formula is C14H14F2N2S. The molecule has 100 valence electrons. The maximum absolute atomic E-state index is 12.2. The highest BCUT2D eigenvalue weighted by Crippen LogP contribution is 2.28. The smallest absolute Gasteiger partial charge is 0.288 e. The highest BCUT2D eigenvalue weighted by atomic mass is 32.2. The van der Waals surface area contributed by atoms with Gasteiger partial charge in [-0.1, -0.05) is 23.9 Å². The average molecular weight is 280 g/mol. The van der Waals surface area contributed by atoms with Gasteiger partial charge in [0.15, 0.2) is 0 Å². The minimum atomic E-state index is -2.39. The second kappa shape index (κ2) is 6.52. The molecule has 1 N–H and O–H groups in total. The maximum atomic E-state index is 12.2. The van der Waals surface area contributed by atoms with E-state index in [1.807, 2.05) is 31.2 Å². The lowest BCUT2D eigenvalue weighted by Gasteiger charge is -2.06. The van der Waals surface area contributed by atoms with E-state index in [0.29, 0.717) is 16.7 Å². The van der Waals surface area contributed by atoms with Gasteiger partial charge in [0.2, 0.25) is 0 Å². The Balaban J connectivity index is 2.19. The highest BCUT2D eigenvalue weighted by Gasteiger charge is 2.06. The minimum absolute atomic E-state index is 0.548. The lowest BCUT2D eigenvalue weighted by molar-refractivity contribution is 0.252. The van der Waals surface area contributed by atoms with E-state index in [1.165, 1.54) is 0 Å². The highest BCUT2D eigenvalue weighted by molar-refractivity contribution is 7.99. The quantitative estimate of drug-likeness (QED) is 0.816. The van der Waals surface area contributed by atoms with E-state index < -0.39 is 5.76 Å². The summed E-state index contributed by atoms with van der Waals surface area (Å²) >= 11 is 0.548. The van der Waals surface area contributed by atoms with Crippen molar-refractivity contribution in [1.82, 2.24) is 4.98 Å². The number of halogens is 2. The molecule has 2 nitrogen and oxygen atoms in total. The molecule has 0 spiro atoms. The number of hydrogen-bond acceptors (Lipinski definition) is 3. The predicted molar refractivity (Wildman–Crippen MR) is 75.7 cm³/mol. The Labute approximate surface area is 115 Å². The van der Waals surface area contributed by atoms with Crippen LogP contribution in [0.25, 0.3) is 11.3 Å². The van der Waals surface area contributed by atoms with Crippen LogP contribution in [0, 0.1) is 0 Å². The number of nitrogens with one attached hydrogen (secondary N) is 1. The number of alkyl halides is 2. The molecule has 0 aliphatic heterocycles. The molecule has 0 saturated carbocycles. The second-order valence-corrected chi connectivity index (χ2v) is 4.93. The van der Waals surface area contributed by atoms with E-state index in [4.69, 9.17) is 0 Å².